The van der Waals surface area contributed by atoms with Crippen LogP contribution < -0.4 is 19.7 Å². The molecule has 4 rings (SSSR count). The lowest BCUT2D eigenvalue weighted by atomic mass is 10.2. The topological polar surface area (TPSA) is 106 Å². The number of anilines is 2. The number of carbonyl (C=O) groups is 1. The largest absolute Gasteiger partial charge is 0.497 e. The fourth-order valence-corrected chi connectivity index (χ4v) is 6.56. The van der Waals surface area contributed by atoms with E-state index in [0.29, 0.717) is 23.6 Å². The summed E-state index contributed by atoms with van der Waals surface area (Å²) in [7, 11) is 0.170. The number of carbonyl (C=O) groups excluding carboxylic acids is 1. The van der Waals surface area contributed by atoms with Crippen molar-refractivity contribution in [3.05, 3.63) is 29.6 Å². The molecule has 0 aliphatic carbocycles. The first-order valence-electron chi connectivity index (χ1n) is 11.5. The number of rotatable bonds is 7. The van der Waals surface area contributed by atoms with Crippen LogP contribution in [-0.2, 0) is 14.6 Å². The number of aryl methyl sites for hydroxylation is 1. The van der Waals surface area contributed by atoms with Crippen LogP contribution in [0.25, 0.3) is 0 Å². The molecule has 1 aromatic heterocycles. The fraction of sp³-hybridized carbons (Fsp3) is 0.565. The van der Waals surface area contributed by atoms with Crippen LogP contribution in [0.2, 0.25) is 0 Å². The predicted molar refractivity (Wildman–Crippen MR) is 131 cm³/mol. The summed E-state index contributed by atoms with van der Waals surface area (Å²) >= 11 is 0. The molecule has 1 aromatic carbocycles. The molecular weight excluding hydrogens is 458 g/mol. The number of ether oxygens (including phenoxy) is 2. The number of hydrogen-bond acceptors (Lipinski definition) is 8. The molecule has 11 heteroatoms. The molecule has 3 heterocycles. The maximum atomic E-state index is 12.7. The summed E-state index contributed by atoms with van der Waals surface area (Å²) < 4.78 is 36.3. The van der Waals surface area contributed by atoms with E-state index in [4.69, 9.17) is 9.47 Å². The summed E-state index contributed by atoms with van der Waals surface area (Å²) in [5.74, 6) is 1.51. The Hall–Kier alpha value is -2.79. The van der Waals surface area contributed by atoms with Crippen LogP contribution >= 0.6 is 0 Å². The number of piperazine rings is 1. The number of aromatic nitrogens is 2. The van der Waals surface area contributed by atoms with Crippen LogP contribution in [0, 0.1) is 13.8 Å². The van der Waals surface area contributed by atoms with Crippen molar-refractivity contribution >= 4 is 27.1 Å². The quantitative estimate of drug-likeness (QED) is 0.623. The van der Waals surface area contributed by atoms with Crippen molar-refractivity contribution in [2.75, 3.05) is 68.7 Å². The van der Waals surface area contributed by atoms with E-state index >= 15 is 0 Å². The zero-order chi connectivity index (χ0) is 24.5. The number of amides is 1. The van der Waals surface area contributed by atoms with Crippen molar-refractivity contribution < 1.29 is 22.7 Å². The molecule has 1 amide bonds. The van der Waals surface area contributed by atoms with E-state index in [9.17, 15) is 13.2 Å². The number of sulfone groups is 1. The van der Waals surface area contributed by atoms with Crippen molar-refractivity contribution in [3.8, 4) is 11.5 Å². The Morgan fingerprint density at radius 2 is 1.88 bits per heavy atom. The van der Waals surface area contributed by atoms with Crippen molar-refractivity contribution in [1.82, 2.24) is 14.7 Å². The first-order chi connectivity index (χ1) is 16.2. The van der Waals surface area contributed by atoms with E-state index in [1.54, 1.807) is 32.4 Å². The first kappa shape index (κ1) is 24.3. The van der Waals surface area contributed by atoms with Gasteiger partial charge in [-0.05, 0) is 32.4 Å². The maximum Gasteiger partial charge on any atom is 0.238 e. The normalized spacial score (nSPS) is 20.4. The van der Waals surface area contributed by atoms with Crippen molar-refractivity contribution in [3.63, 3.8) is 0 Å². The number of methoxy groups -OCH3 is 2. The smallest absolute Gasteiger partial charge is 0.238 e. The van der Waals surface area contributed by atoms with Gasteiger partial charge in [0, 0.05) is 32.2 Å². The minimum absolute atomic E-state index is 0.0870. The van der Waals surface area contributed by atoms with Gasteiger partial charge in [0.1, 0.15) is 11.5 Å². The molecule has 2 aromatic rings. The van der Waals surface area contributed by atoms with Crippen LogP contribution in [0.1, 0.15) is 23.9 Å². The molecule has 2 aliphatic rings. The molecule has 0 bridgehead atoms. The highest BCUT2D eigenvalue weighted by molar-refractivity contribution is 7.91. The van der Waals surface area contributed by atoms with Gasteiger partial charge in [-0.1, -0.05) is 0 Å². The SMILES string of the molecule is COc1ccc(OC)c(NC(=O)CN2CCN(c3c(C)nn(C4CCS(=O)(=O)C4)c3C)CC2)c1. The van der Waals surface area contributed by atoms with Gasteiger partial charge in [0.15, 0.2) is 9.84 Å². The second-order valence-corrected chi connectivity index (χ2v) is 11.1. The van der Waals surface area contributed by atoms with Gasteiger partial charge in [0.05, 0.1) is 61.1 Å². The van der Waals surface area contributed by atoms with E-state index in [-0.39, 0.29) is 30.0 Å². The average molecular weight is 492 g/mol. The van der Waals surface area contributed by atoms with Crippen LogP contribution in [0.5, 0.6) is 11.5 Å². The highest BCUT2D eigenvalue weighted by atomic mass is 32.2. The van der Waals surface area contributed by atoms with E-state index < -0.39 is 9.84 Å². The number of nitrogens with zero attached hydrogens (tertiary/aromatic N) is 4. The molecule has 186 valence electrons. The maximum absolute atomic E-state index is 12.7. The van der Waals surface area contributed by atoms with E-state index in [1.807, 2.05) is 18.5 Å². The Bertz CT molecular complexity index is 1150. The number of hydrogen-bond donors (Lipinski definition) is 1. The lowest BCUT2D eigenvalue weighted by Crippen LogP contribution is -2.49. The van der Waals surface area contributed by atoms with E-state index in [0.717, 1.165) is 43.3 Å². The van der Waals surface area contributed by atoms with Gasteiger partial charge in [-0.15, -0.1) is 0 Å². The number of benzene rings is 1. The molecule has 1 unspecified atom stereocenters. The second-order valence-electron chi connectivity index (χ2n) is 8.90. The Morgan fingerprint density at radius 3 is 2.50 bits per heavy atom. The molecule has 0 radical (unpaired) electrons. The third-order valence-electron chi connectivity index (χ3n) is 6.58. The van der Waals surface area contributed by atoms with Crippen molar-refractivity contribution in [2.24, 2.45) is 0 Å². The highest BCUT2D eigenvalue weighted by Gasteiger charge is 2.32. The van der Waals surface area contributed by atoms with Crippen LogP contribution in [0.3, 0.4) is 0 Å². The summed E-state index contributed by atoms with van der Waals surface area (Å²) in [5, 5.41) is 7.61. The molecule has 34 heavy (non-hydrogen) atoms. The zero-order valence-electron chi connectivity index (χ0n) is 20.2. The average Bonchev–Trinajstić information content (AvgIpc) is 3.31. The Balaban J connectivity index is 1.36. The minimum atomic E-state index is -2.97. The van der Waals surface area contributed by atoms with Crippen LogP contribution in [0.4, 0.5) is 11.4 Å². The highest BCUT2D eigenvalue weighted by Crippen LogP contribution is 2.32. The van der Waals surface area contributed by atoms with Gasteiger partial charge in [-0.25, -0.2) is 8.42 Å². The van der Waals surface area contributed by atoms with Gasteiger partial charge >= 0.3 is 0 Å². The minimum Gasteiger partial charge on any atom is -0.497 e. The molecule has 10 nitrogen and oxygen atoms in total. The van der Waals surface area contributed by atoms with Gasteiger partial charge in [0.2, 0.25) is 5.91 Å². The fourth-order valence-electron chi connectivity index (χ4n) is 4.87. The van der Waals surface area contributed by atoms with Crippen molar-refractivity contribution in [2.45, 2.75) is 26.3 Å². The molecule has 0 spiro atoms. The van der Waals surface area contributed by atoms with Crippen LogP contribution in [-0.4, -0.2) is 87.5 Å². The molecular formula is C23H33N5O5S. The Labute approximate surface area is 200 Å². The zero-order valence-corrected chi connectivity index (χ0v) is 21.0. The lowest BCUT2D eigenvalue weighted by molar-refractivity contribution is -0.117. The summed E-state index contributed by atoms with van der Waals surface area (Å²) in [5.41, 5.74) is 3.58. The third kappa shape index (κ3) is 5.15. The number of nitrogens with one attached hydrogen (secondary N) is 1. The van der Waals surface area contributed by atoms with Gasteiger partial charge in [-0.3, -0.25) is 14.4 Å². The second kappa shape index (κ2) is 9.83. The van der Waals surface area contributed by atoms with Gasteiger partial charge < -0.3 is 19.7 Å². The summed E-state index contributed by atoms with van der Waals surface area (Å²) in [4.78, 5) is 17.1. The van der Waals surface area contributed by atoms with E-state index in [2.05, 4.69) is 20.2 Å². The summed E-state index contributed by atoms with van der Waals surface area (Å²) in [6.45, 7) is 7.30. The molecule has 2 fully saturated rings. The van der Waals surface area contributed by atoms with Gasteiger partial charge in [-0.2, -0.15) is 5.10 Å². The Morgan fingerprint density at radius 1 is 1.15 bits per heavy atom. The molecule has 1 atom stereocenters. The predicted octanol–water partition coefficient (Wildman–Crippen LogP) is 1.64. The third-order valence-corrected chi connectivity index (χ3v) is 8.33. The molecule has 1 N–H and O–H groups in total. The first-order valence-corrected chi connectivity index (χ1v) is 13.3. The lowest BCUT2D eigenvalue weighted by Gasteiger charge is -2.36. The monoisotopic (exact) mass is 491 g/mol. The standard InChI is InChI=1S/C23H33N5O5S/c1-16-23(17(2)28(25-16)18-7-12-34(30,31)15-18)27-10-8-26(9-11-27)14-22(29)24-20-13-19(32-3)5-6-21(20)33-4/h5-6,13,18H,7-12,14-15H2,1-4H3,(H,24,29). The van der Waals surface area contributed by atoms with Gasteiger partial charge in [0.25, 0.3) is 0 Å². The molecule has 0 saturated carbocycles. The van der Waals surface area contributed by atoms with Crippen molar-refractivity contribution in [1.29, 1.82) is 0 Å². The van der Waals surface area contributed by atoms with E-state index in [1.165, 1.54) is 0 Å². The molecule has 2 aliphatic heterocycles. The molecule has 2 saturated heterocycles. The summed E-state index contributed by atoms with van der Waals surface area (Å²) in [6, 6.07) is 5.20. The van der Waals surface area contributed by atoms with Crippen LogP contribution in [0.15, 0.2) is 18.2 Å². The Kier molecular flexibility index (Phi) is 7.04. The summed E-state index contributed by atoms with van der Waals surface area (Å²) in [6.07, 6.45) is 0.616.